The van der Waals surface area contributed by atoms with Crippen LogP contribution in [0.2, 0.25) is 0 Å². The first kappa shape index (κ1) is 16.1. The molecule has 0 bridgehead atoms. The number of hydrogen-bond acceptors (Lipinski definition) is 2. The van der Waals surface area contributed by atoms with E-state index in [1.54, 1.807) is 0 Å². The maximum Gasteiger partial charge on any atom is 0.227 e. The molecule has 2 heteroatoms. The number of para-hydroxylation sites is 2. The lowest BCUT2D eigenvalue weighted by Crippen LogP contribution is -1.83. The standard InChI is InChI=1S/C27H17NO/c1-2-6-18(7-3-1)19-12-14-23-20(16-19)10-11-21-17-22(13-15-24(21)23)27-28-25-8-4-5-9-26(25)29-27/h1-17H. The summed E-state index contributed by atoms with van der Waals surface area (Å²) in [4.78, 5) is 4.63. The number of nitrogens with zero attached hydrogens (tertiary/aromatic N) is 1. The Balaban J connectivity index is 1.48. The lowest BCUT2D eigenvalue weighted by Gasteiger charge is -2.08. The first-order valence-corrected chi connectivity index (χ1v) is 9.73. The second kappa shape index (κ2) is 6.32. The lowest BCUT2D eigenvalue weighted by atomic mass is 9.96. The Hall–Kier alpha value is -3.91. The van der Waals surface area contributed by atoms with Crippen LogP contribution in [-0.4, -0.2) is 4.98 Å². The summed E-state index contributed by atoms with van der Waals surface area (Å²) in [6.45, 7) is 0. The summed E-state index contributed by atoms with van der Waals surface area (Å²) in [7, 11) is 0. The Labute approximate surface area is 168 Å². The molecular formula is C27H17NO. The zero-order valence-electron chi connectivity index (χ0n) is 15.7. The van der Waals surface area contributed by atoms with Crippen LogP contribution in [0.5, 0.6) is 0 Å². The highest BCUT2D eigenvalue weighted by atomic mass is 16.3. The molecule has 0 amide bonds. The van der Waals surface area contributed by atoms with Crippen LogP contribution in [0.25, 0.3) is 55.2 Å². The Morgan fingerprint density at radius 3 is 1.93 bits per heavy atom. The highest BCUT2D eigenvalue weighted by Gasteiger charge is 2.10. The molecule has 6 aromatic rings. The van der Waals surface area contributed by atoms with E-state index in [2.05, 4.69) is 77.8 Å². The van der Waals surface area contributed by atoms with E-state index in [9.17, 15) is 0 Å². The van der Waals surface area contributed by atoms with Gasteiger partial charge in [0.05, 0.1) is 0 Å². The molecule has 5 aromatic carbocycles. The molecule has 29 heavy (non-hydrogen) atoms. The fourth-order valence-corrected chi connectivity index (χ4v) is 4.01. The summed E-state index contributed by atoms with van der Waals surface area (Å²) in [6.07, 6.45) is 0. The van der Waals surface area contributed by atoms with Gasteiger partial charge in [0, 0.05) is 5.56 Å². The van der Waals surface area contributed by atoms with E-state index in [-0.39, 0.29) is 0 Å². The fourth-order valence-electron chi connectivity index (χ4n) is 4.01. The normalized spacial score (nSPS) is 11.4. The van der Waals surface area contributed by atoms with Gasteiger partial charge in [-0.15, -0.1) is 0 Å². The van der Waals surface area contributed by atoms with Gasteiger partial charge >= 0.3 is 0 Å². The van der Waals surface area contributed by atoms with Crippen LogP contribution >= 0.6 is 0 Å². The Bertz CT molecular complexity index is 1460. The molecule has 6 rings (SSSR count). The molecule has 0 aliphatic carbocycles. The van der Waals surface area contributed by atoms with Crippen molar-refractivity contribution in [1.29, 1.82) is 0 Å². The highest BCUT2D eigenvalue weighted by molar-refractivity contribution is 6.09. The van der Waals surface area contributed by atoms with E-state index in [4.69, 9.17) is 4.42 Å². The van der Waals surface area contributed by atoms with E-state index in [0.29, 0.717) is 5.89 Å². The molecule has 0 N–H and O–H groups in total. The van der Waals surface area contributed by atoms with E-state index >= 15 is 0 Å². The summed E-state index contributed by atoms with van der Waals surface area (Å²) >= 11 is 0. The molecule has 0 saturated heterocycles. The van der Waals surface area contributed by atoms with Gasteiger partial charge in [-0.05, 0) is 63.0 Å². The molecule has 0 radical (unpaired) electrons. The minimum atomic E-state index is 0.660. The molecule has 0 aliphatic heterocycles. The molecule has 2 nitrogen and oxygen atoms in total. The van der Waals surface area contributed by atoms with Crippen molar-refractivity contribution in [3.05, 3.63) is 103 Å². The molecule has 1 aromatic heterocycles. The highest BCUT2D eigenvalue weighted by Crippen LogP contribution is 2.32. The third-order valence-electron chi connectivity index (χ3n) is 5.48. The van der Waals surface area contributed by atoms with Crippen molar-refractivity contribution >= 4 is 32.6 Å². The third kappa shape index (κ3) is 2.69. The first-order chi connectivity index (χ1) is 14.3. The van der Waals surface area contributed by atoms with Crippen LogP contribution in [-0.2, 0) is 0 Å². The number of fused-ring (bicyclic) bond motifs is 4. The second-order valence-corrected chi connectivity index (χ2v) is 7.29. The van der Waals surface area contributed by atoms with E-state index in [0.717, 1.165) is 16.7 Å². The minimum Gasteiger partial charge on any atom is -0.436 e. The third-order valence-corrected chi connectivity index (χ3v) is 5.48. The van der Waals surface area contributed by atoms with E-state index in [1.807, 2.05) is 30.3 Å². The molecular weight excluding hydrogens is 354 g/mol. The van der Waals surface area contributed by atoms with Gasteiger partial charge in [-0.3, -0.25) is 0 Å². The number of rotatable bonds is 2. The monoisotopic (exact) mass is 371 g/mol. The van der Waals surface area contributed by atoms with Crippen molar-refractivity contribution in [2.45, 2.75) is 0 Å². The van der Waals surface area contributed by atoms with Crippen molar-refractivity contribution in [2.24, 2.45) is 0 Å². The molecule has 1 heterocycles. The maximum absolute atomic E-state index is 5.94. The van der Waals surface area contributed by atoms with Gasteiger partial charge in [0.2, 0.25) is 5.89 Å². The average Bonchev–Trinajstić information content (AvgIpc) is 3.23. The van der Waals surface area contributed by atoms with Gasteiger partial charge < -0.3 is 4.42 Å². The van der Waals surface area contributed by atoms with Crippen molar-refractivity contribution < 1.29 is 4.42 Å². The smallest absolute Gasteiger partial charge is 0.227 e. The van der Waals surface area contributed by atoms with Gasteiger partial charge in [-0.1, -0.05) is 72.8 Å². The van der Waals surface area contributed by atoms with Crippen LogP contribution in [0.1, 0.15) is 0 Å². The van der Waals surface area contributed by atoms with Crippen molar-refractivity contribution in [1.82, 2.24) is 4.98 Å². The topological polar surface area (TPSA) is 26.0 Å². The van der Waals surface area contributed by atoms with Gasteiger partial charge in [0.25, 0.3) is 0 Å². The van der Waals surface area contributed by atoms with Gasteiger partial charge in [0.1, 0.15) is 5.52 Å². The second-order valence-electron chi connectivity index (χ2n) is 7.29. The average molecular weight is 371 g/mol. The molecule has 0 atom stereocenters. The van der Waals surface area contributed by atoms with Gasteiger partial charge in [-0.2, -0.15) is 0 Å². The Morgan fingerprint density at radius 2 is 1.17 bits per heavy atom. The number of aromatic nitrogens is 1. The van der Waals surface area contributed by atoms with Crippen molar-refractivity contribution in [3.63, 3.8) is 0 Å². The zero-order chi connectivity index (χ0) is 19.2. The van der Waals surface area contributed by atoms with Gasteiger partial charge in [0.15, 0.2) is 5.58 Å². The summed E-state index contributed by atoms with van der Waals surface area (Å²) in [5.74, 6) is 0.660. The Morgan fingerprint density at radius 1 is 0.517 bits per heavy atom. The summed E-state index contributed by atoms with van der Waals surface area (Å²) in [5.41, 5.74) is 5.17. The van der Waals surface area contributed by atoms with Crippen molar-refractivity contribution in [3.8, 4) is 22.6 Å². The van der Waals surface area contributed by atoms with Gasteiger partial charge in [-0.25, -0.2) is 4.98 Å². The van der Waals surface area contributed by atoms with Crippen LogP contribution < -0.4 is 0 Å². The minimum absolute atomic E-state index is 0.660. The first-order valence-electron chi connectivity index (χ1n) is 9.73. The molecule has 0 aliphatic rings. The number of oxazole rings is 1. The summed E-state index contributed by atoms with van der Waals surface area (Å²) < 4.78 is 5.94. The summed E-state index contributed by atoms with van der Waals surface area (Å²) in [6, 6.07) is 35.8. The molecule has 0 spiro atoms. The fraction of sp³-hybridized carbons (Fsp3) is 0. The van der Waals surface area contributed by atoms with Crippen LogP contribution in [0.15, 0.2) is 108 Å². The largest absolute Gasteiger partial charge is 0.436 e. The predicted octanol–water partition coefficient (Wildman–Crippen LogP) is 7.47. The van der Waals surface area contributed by atoms with Crippen LogP contribution in [0.3, 0.4) is 0 Å². The SMILES string of the molecule is c1ccc(-c2ccc3c(ccc4cc(-c5nc6ccccc6o5)ccc43)c2)cc1. The quantitative estimate of drug-likeness (QED) is 0.295. The maximum atomic E-state index is 5.94. The summed E-state index contributed by atoms with van der Waals surface area (Å²) in [5, 5.41) is 4.92. The predicted molar refractivity (Wildman–Crippen MR) is 120 cm³/mol. The van der Waals surface area contributed by atoms with E-state index in [1.165, 1.54) is 32.7 Å². The van der Waals surface area contributed by atoms with Crippen LogP contribution in [0, 0.1) is 0 Å². The molecule has 136 valence electrons. The van der Waals surface area contributed by atoms with Crippen molar-refractivity contribution in [2.75, 3.05) is 0 Å². The molecule has 0 unspecified atom stereocenters. The number of benzene rings is 5. The lowest BCUT2D eigenvalue weighted by molar-refractivity contribution is 0.620. The molecule has 0 saturated carbocycles. The van der Waals surface area contributed by atoms with E-state index < -0.39 is 0 Å². The zero-order valence-corrected chi connectivity index (χ0v) is 15.7. The number of hydrogen-bond donors (Lipinski definition) is 0. The Kier molecular flexibility index (Phi) is 3.50. The molecule has 0 fully saturated rings. The van der Waals surface area contributed by atoms with Crippen LogP contribution in [0.4, 0.5) is 0 Å².